The van der Waals surface area contributed by atoms with Crippen LogP contribution in [0.25, 0.3) is 54.5 Å². The van der Waals surface area contributed by atoms with Crippen LogP contribution in [0.1, 0.15) is 5.56 Å². The number of hydrogen-bond acceptors (Lipinski definition) is 1. The summed E-state index contributed by atoms with van der Waals surface area (Å²) in [7, 11) is 0. The van der Waals surface area contributed by atoms with Crippen LogP contribution in [-0.4, -0.2) is 4.98 Å². The zero-order valence-corrected chi connectivity index (χ0v) is 16.3. The van der Waals surface area contributed by atoms with Crippen molar-refractivity contribution in [3.63, 3.8) is 0 Å². The molecule has 6 rings (SSSR count). The molecule has 0 saturated heterocycles. The van der Waals surface area contributed by atoms with Gasteiger partial charge in [0.15, 0.2) is 0 Å². The minimum atomic E-state index is -0.451. The fourth-order valence-electron chi connectivity index (χ4n) is 4.48. The van der Waals surface area contributed by atoms with Gasteiger partial charge in [0, 0.05) is 27.1 Å². The molecule has 1 nitrogen and oxygen atoms in total. The Hall–Kier alpha value is -3.78. The van der Waals surface area contributed by atoms with Crippen LogP contribution in [0.15, 0.2) is 97.1 Å². The number of rotatable bonds is 2. The molecule has 1 aromatic heterocycles. The molecule has 0 N–H and O–H groups in total. The standard InChI is InChI=1S/C28H18FN/c29-17-18-9-11-21(12-10-18)26-24-15-13-19-5-1-3-7-22(19)27(24)30-28-23-8-4-2-6-20(23)14-16-25(26)28/h1-16H,17H2. The molecule has 6 aromatic rings. The minimum absolute atomic E-state index is 0.451. The monoisotopic (exact) mass is 387 g/mol. The first-order valence-electron chi connectivity index (χ1n) is 10.1. The maximum Gasteiger partial charge on any atom is 0.115 e. The van der Waals surface area contributed by atoms with Gasteiger partial charge >= 0.3 is 0 Å². The first kappa shape index (κ1) is 17.1. The van der Waals surface area contributed by atoms with E-state index in [0.29, 0.717) is 5.56 Å². The lowest BCUT2D eigenvalue weighted by atomic mass is 9.92. The third-order valence-corrected chi connectivity index (χ3v) is 5.96. The average molecular weight is 387 g/mol. The molecule has 0 bridgehead atoms. The molecule has 0 unspecified atom stereocenters. The lowest BCUT2D eigenvalue weighted by Crippen LogP contribution is -1.92. The topological polar surface area (TPSA) is 12.9 Å². The lowest BCUT2D eigenvalue weighted by Gasteiger charge is -2.15. The van der Waals surface area contributed by atoms with Crippen LogP contribution >= 0.6 is 0 Å². The van der Waals surface area contributed by atoms with Crippen molar-refractivity contribution >= 4 is 43.4 Å². The number of benzene rings is 5. The van der Waals surface area contributed by atoms with Gasteiger partial charge in [0.05, 0.1) is 11.0 Å². The van der Waals surface area contributed by atoms with Gasteiger partial charge in [-0.15, -0.1) is 0 Å². The largest absolute Gasteiger partial charge is 0.246 e. The molecule has 0 saturated carbocycles. The molecule has 2 heteroatoms. The van der Waals surface area contributed by atoms with Gasteiger partial charge in [0.1, 0.15) is 6.67 Å². The van der Waals surface area contributed by atoms with Gasteiger partial charge in [-0.1, -0.05) is 97.1 Å². The summed E-state index contributed by atoms with van der Waals surface area (Å²) in [5, 5.41) is 6.87. The zero-order valence-electron chi connectivity index (χ0n) is 16.3. The van der Waals surface area contributed by atoms with Crippen molar-refractivity contribution < 1.29 is 4.39 Å². The number of alkyl halides is 1. The molecule has 0 aliphatic rings. The van der Waals surface area contributed by atoms with E-state index < -0.39 is 6.67 Å². The van der Waals surface area contributed by atoms with E-state index in [1.54, 1.807) is 0 Å². The van der Waals surface area contributed by atoms with Crippen molar-refractivity contribution in [3.05, 3.63) is 103 Å². The Bertz CT molecular complexity index is 1470. The third-order valence-electron chi connectivity index (χ3n) is 5.96. The smallest absolute Gasteiger partial charge is 0.115 e. The summed E-state index contributed by atoms with van der Waals surface area (Å²) in [5.41, 5.74) is 4.92. The maximum atomic E-state index is 13.1. The summed E-state index contributed by atoms with van der Waals surface area (Å²) in [5.74, 6) is 0. The first-order chi connectivity index (χ1) is 14.8. The van der Waals surface area contributed by atoms with Crippen molar-refractivity contribution in [2.24, 2.45) is 0 Å². The molecule has 0 fully saturated rings. The van der Waals surface area contributed by atoms with E-state index in [9.17, 15) is 4.39 Å². The Labute approximate surface area is 173 Å². The molecule has 0 aliphatic heterocycles. The number of nitrogens with zero attached hydrogens (tertiary/aromatic N) is 1. The summed E-state index contributed by atoms with van der Waals surface area (Å²) < 4.78 is 13.1. The predicted octanol–water partition coefficient (Wildman–Crippen LogP) is 7.83. The van der Waals surface area contributed by atoms with E-state index in [1.807, 2.05) is 24.3 Å². The van der Waals surface area contributed by atoms with Crippen LogP contribution in [0.5, 0.6) is 0 Å². The van der Waals surface area contributed by atoms with Gasteiger partial charge in [-0.2, -0.15) is 0 Å². The summed E-state index contributed by atoms with van der Waals surface area (Å²) in [4.78, 5) is 5.19. The second-order valence-electron chi connectivity index (χ2n) is 7.68. The molecule has 0 amide bonds. The van der Waals surface area contributed by atoms with Gasteiger partial charge < -0.3 is 0 Å². The Balaban J connectivity index is 1.85. The average Bonchev–Trinajstić information content (AvgIpc) is 2.82. The van der Waals surface area contributed by atoms with E-state index in [4.69, 9.17) is 4.98 Å². The van der Waals surface area contributed by atoms with Crippen LogP contribution in [-0.2, 0) is 6.67 Å². The van der Waals surface area contributed by atoms with Gasteiger partial charge in [-0.05, 0) is 21.9 Å². The number of fused-ring (bicyclic) bond motifs is 6. The van der Waals surface area contributed by atoms with Crippen molar-refractivity contribution in [1.29, 1.82) is 0 Å². The Morgan fingerprint density at radius 2 is 1.07 bits per heavy atom. The molecule has 0 aliphatic carbocycles. The Kier molecular flexibility index (Phi) is 3.78. The first-order valence-corrected chi connectivity index (χ1v) is 10.1. The van der Waals surface area contributed by atoms with E-state index in [-0.39, 0.29) is 0 Å². The third kappa shape index (κ3) is 2.50. The van der Waals surface area contributed by atoms with Crippen molar-refractivity contribution in [2.45, 2.75) is 6.67 Å². The maximum absolute atomic E-state index is 13.1. The second kappa shape index (κ2) is 6.64. The van der Waals surface area contributed by atoms with Crippen LogP contribution in [0, 0.1) is 0 Å². The molecular weight excluding hydrogens is 369 g/mol. The van der Waals surface area contributed by atoms with Crippen LogP contribution in [0.4, 0.5) is 4.39 Å². The van der Waals surface area contributed by atoms with Gasteiger partial charge in [0.2, 0.25) is 0 Å². The molecule has 0 spiro atoms. The zero-order chi connectivity index (χ0) is 20.1. The van der Waals surface area contributed by atoms with Gasteiger partial charge in [-0.25, -0.2) is 9.37 Å². The van der Waals surface area contributed by atoms with E-state index >= 15 is 0 Å². The highest BCUT2D eigenvalue weighted by molar-refractivity contribution is 6.21. The molecule has 0 radical (unpaired) electrons. The number of aromatic nitrogens is 1. The van der Waals surface area contributed by atoms with Gasteiger partial charge in [-0.3, -0.25) is 0 Å². The molecule has 0 atom stereocenters. The number of hydrogen-bond donors (Lipinski definition) is 0. The second-order valence-corrected chi connectivity index (χ2v) is 7.68. The fourth-order valence-corrected chi connectivity index (χ4v) is 4.48. The molecule has 1 heterocycles. The van der Waals surface area contributed by atoms with E-state index in [0.717, 1.165) is 43.7 Å². The normalized spacial score (nSPS) is 11.6. The fraction of sp³-hybridized carbons (Fsp3) is 0.0357. The summed E-state index contributed by atoms with van der Waals surface area (Å²) in [6, 6.07) is 33.2. The van der Waals surface area contributed by atoms with Crippen LogP contribution < -0.4 is 0 Å². The summed E-state index contributed by atoms with van der Waals surface area (Å²) in [6.45, 7) is -0.451. The highest BCUT2D eigenvalue weighted by Gasteiger charge is 2.15. The number of halogens is 1. The molecule has 142 valence electrons. The van der Waals surface area contributed by atoms with Crippen molar-refractivity contribution in [1.82, 2.24) is 4.98 Å². The van der Waals surface area contributed by atoms with Crippen molar-refractivity contribution in [2.75, 3.05) is 0 Å². The molecule has 5 aromatic carbocycles. The molecular formula is C28H18FN. The van der Waals surface area contributed by atoms with Crippen LogP contribution in [0.3, 0.4) is 0 Å². The minimum Gasteiger partial charge on any atom is -0.246 e. The highest BCUT2D eigenvalue weighted by atomic mass is 19.1. The van der Waals surface area contributed by atoms with E-state index in [2.05, 4.69) is 72.8 Å². The quantitative estimate of drug-likeness (QED) is 0.218. The highest BCUT2D eigenvalue weighted by Crippen LogP contribution is 2.39. The molecule has 30 heavy (non-hydrogen) atoms. The van der Waals surface area contributed by atoms with Crippen molar-refractivity contribution in [3.8, 4) is 11.1 Å². The lowest BCUT2D eigenvalue weighted by molar-refractivity contribution is 0.485. The Morgan fingerprint density at radius 1 is 0.533 bits per heavy atom. The van der Waals surface area contributed by atoms with E-state index in [1.165, 1.54) is 10.8 Å². The summed E-state index contributed by atoms with van der Waals surface area (Å²) >= 11 is 0. The predicted molar refractivity (Wildman–Crippen MR) is 125 cm³/mol. The van der Waals surface area contributed by atoms with Crippen LogP contribution in [0.2, 0.25) is 0 Å². The Morgan fingerprint density at radius 3 is 1.60 bits per heavy atom. The SMILES string of the molecule is FCc1ccc(-c2c3ccc4ccccc4c3nc3c2ccc2ccccc23)cc1. The van der Waals surface area contributed by atoms with Gasteiger partial charge in [0.25, 0.3) is 0 Å². The summed E-state index contributed by atoms with van der Waals surface area (Å²) in [6.07, 6.45) is 0. The number of pyridine rings is 1.